The summed E-state index contributed by atoms with van der Waals surface area (Å²) in [6.07, 6.45) is 2.90. The normalized spacial score (nSPS) is 24.4. The predicted molar refractivity (Wildman–Crippen MR) is 92.8 cm³/mol. The number of anilines is 1. The smallest absolute Gasteiger partial charge is 0.244 e. The maximum Gasteiger partial charge on any atom is 0.244 e. The lowest BCUT2D eigenvalue weighted by atomic mass is 10.1. The van der Waals surface area contributed by atoms with Gasteiger partial charge < -0.3 is 9.80 Å². The molecule has 1 atom stereocenters. The minimum absolute atomic E-state index is 0.0891. The molecule has 2 aliphatic heterocycles. The van der Waals surface area contributed by atoms with Crippen molar-refractivity contribution in [3.05, 3.63) is 29.8 Å². The van der Waals surface area contributed by atoms with Crippen molar-refractivity contribution in [3.63, 3.8) is 0 Å². The maximum absolute atomic E-state index is 12.8. The molecular formula is C19H22N4O2. The Morgan fingerprint density at radius 2 is 1.68 bits per heavy atom. The van der Waals surface area contributed by atoms with E-state index in [1.807, 2.05) is 21.9 Å². The summed E-state index contributed by atoms with van der Waals surface area (Å²) in [4.78, 5) is 31.0. The number of nitriles is 1. The molecule has 0 N–H and O–H groups in total. The Hall–Kier alpha value is -2.39. The zero-order chi connectivity index (χ0) is 17.4. The summed E-state index contributed by atoms with van der Waals surface area (Å²) in [5, 5.41) is 8.89. The highest BCUT2D eigenvalue weighted by Gasteiger charge is 2.40. The van der Waals surface area contributed by atoms with Crippen LogP contribution in [0.2, 0.25) is 0 Å². The maximum atomic E-state index is 12.8. The number of nitrogens with zero attached hydrogens (tertiary/aromatic N) is 4. The molecule has 2 saturated heterocycles. The fraction of sp³-hybridized carbons (Fsp3) is 0.526. The number of carbonyl (C=O) groups is 2. The average molecular weight is 338 g/mol. The summed E-state index contributed by atoms with van der Waals surface area (Å²) in [5.74, 6) is 0.704. The standard InChI is InChI=1S/C19H22N4O2/c20-13-14-1-5-16(6-2-14)23-8-7-17(19(23)25)21-9-11-22(12-10-21)18(24)15-3-4-15/h1-2,5-6,15,17H,3-4,7-12H2/t17-/m1/s1. The molecule has 130 valence electrons. The van der Waals surface area contributed by atoms with Crippen LogP contribution in [0.25, 0.3) is 0 Å². The highest BCUT2D eigenvalue weighted by Crippen LogP contribution is 2.32. The summed E-state index contributed by atoms with van der Waals surface area (Å²) < 4.78 is 0. The van der Waals surface area contributed by atoms with Gasteiger partial charge in [0.15, 0.2) is 0 Å². The molecule has 1 aliphatic carbocycles. The van der Waals surface area contributed by atoms with Gasteiger partial charge in [0.2, 0.25) is 11.8 Å². The fourth-order valence-electron chi connectivity index (χ4n) is 3.82. The lowest BCUT2D eigenvalue weighted by molar-refractivity contribution is -0.135. The summed E-state index contributed by atoms with van der Waals surface area (Å²) >= 11 is 0. The highest BCUT2D eigenvalue weighted by molar-refractivity contribution is 5.99. The van der Waals surface area contributed by atoms with Crippen molar-refractivity contribution in [3.8, 4) is 6.07 Å². The second-order valence-corrected chi connectivity index (χ2v) is 7.09. The summed E-state index contributed by atoms with van der Waals surface area (Å²) in [6.45, 7) is 3.72. The molecule has 6 heteroatoms. The van der Waals surface area contributed by atoms with Gasteiger partial charge in [0.25, 0.3) is 0 Å². The molecule has 0 unspecified atom stereocenters. The minimum Gasteiger partial charge on any atom is -0.340 e. The van der Waals surface area contributed by atoms with Crippen LogP contribution in [-0.4, -0.2) is 60.4 Å². The Morgan fingerprint density at radius 1 is 1.00 bits per heavy atom. The van der Waals surface area contributed by atoms with Crippen molar-refractivity contribution in [2.45, 2.75) is 25.3 Å². The van der Waals surface area contributed by atoms with Gasteiger partial charge >= 0.3 is 0 Å². The SMILES string of the molecule is N#Cc1ccc(N2CC[C@@H](N3CCN(C(=O)C4CC4)CC3)C2=O)cc1. The second kappa shape index (κ2) is 6.49. The van der Waals surface area contributed by atoms with Crippen LogP contribution in [0.1, 0.15) is 24.8 Å². The van der Waals surface area contributed by atoms with Crippen molar-refractivity contribution < 1.29 is 9.59 Å². The molecule has 0 radical (unpaired) electrons. The predicted octanol–water partition coefficient (Wildman–Crippen LogP) is 1.22. The molecule has 1 aromatic carbocycles. The molecule has 25 heavy (non-hydrogen) atoms. The van der Waals surface area contributed by atoms with Gasteiger partial charge in [-0.05, 0) is 43.5 Å². The van der Waals surface area contributed by atoms with E-state index >= 15 is 0 Å². The highest BCUT2D eigenvalue weighted by atomic mass is 16.2. The van der Waals surface area contributed by atoms with Crippen LogP contribution in [-0.2, 0) is 9.59 Å². The van der Waals surface area contributed by atoms with Gasteiger partial charge in [-0.2, -0.15) is 5.26 Å². The topological polar surface area (TPSA) is 67.7 Å². The van der Waals surface area contributed by atoms with Crippen molar-refractivity contribution in [2.24, 2.45) is 5.92 Å². The molecule has 0 bridgehead atoms. The van der Waals surface area contributed by atoms with E-state index in [4.69, 9.17) is 5.26 Å². The van der Waals surface area contributed by atoms with Crippen LogP contribution in [0.4, 0.5) is 5.69 Å². The Labute approximate surface area is 147 Å². The molecule has 4 rings (SSSR count). The second-order valence-electron chi connectivity index (χ2n) is 7.09. The first kappa shape index (κ1) is 16.1. The Bertz CT molecular complexity index is 712. The van der Waals surface area contributed by atoms with Crippen LogP contribution in [0, 0.1) is 17.2 Å². The van der Waals surface area contributed by atoms with E-state index in [0.29, 0.717) is 18.0 Å². The van der Waals surface area contributed by atoms with E-state index in [0.717, 1.165) is 51.1 Å². The number of amides is 2. The zero-order valence-corrected chi connectivity index (χ0v) is 14.2. The lowest BCUT2D eigenvalue weighted by Gasteiger charge is -2.37. The summed E-state index contributed by atoms with van der Waals surface area (Å²) in [7, 11) is 0. The first-order valence-corrected chi connectivity index (χ1v) is 9.02. The van der Waals surface area contributed by atoms with Gasteiger partial charge in [0, 0.05) is 44.3 Å². The van der Waals surface area contributed by atoms with Gasteiger partial charge in [-0.15, -0.1) is 0 Å². The number of hydrogen-bond acceptors (Lipinski definition) is 4. The van der Waals surface area contributed by atoms with Crippen LogP contribution in [0.3, 0.4) is 0 Å². The van der Waals surface area contributed by atoms with Crippen molar-refractivity contribution in [1.29, 1.82) is 5.26 Å². The Morgan fingerprint density at radius 3 is 2.28 bits per heavy atom. The van der Waals surface area contributed by atoms with E-state index in [1.165, 1.54) is 0 Å². The summed E-state index contributed by atoms with van der Waals surface area (Å²) in [6, 6.07) is 9.18. The van der Waals surface area contributed by atoms with Crippen LogP contribution < -0.4 is 4.90 Å². The number of hydrogen-bond donors (Lipinski definition) is 0. The lowest BCUT2D eigenvalue weighted by Crippen LogP contribution is -2.54. The van der Waals surface area contributed by atoms with E-state index in [2.05, 4.69) is 11.0 Å². The third kappa shape index (κ3) is 3.12. The average Bonchev–Trinajstić information content (AvgIpc) is 3.44. The van der Waals surface area contributed by atoms with E-state index in [-0.39, 0.29) is 17.9 Å². The first-order valence-electron chi connectivity index (χ1n) is 9.02. The van der Waals surface area contributed by atoms with Gasteiger partial charge in [-0.1, -0.05) is 0 Å². The third-order valence-electron chi connectivity index (χ3n) is 5.48. The molecule has 3 aliphatic rings. The quantitative estimate of drug-likeness (QED) is 0.831. The Balaban J connectivity index is 1.37. The number of carbonyl (C=O) groups excluding carboxylic acids is 2. The van der Waals surface area contributed by atoms with Crippen LogP contribution >= 0.6 is 0 Å². The molecule has 0 spiro atoms. The van der Waals surface area contributed by atoms with Crippen molar-refractivity contribution in [2.75, 3.05) is 37.6 Å². The summed E-state index contributed by atoms with van der Waals surface area (Å²) in [5.41, 5.74) is 1.46. The van der Waals surface area contributed by atoms with Gasteiger partial charge in [0.05, 0.1) is 17.7 Å². The molecule has 1 saturated carbocycles. The fourth-order valence-corrected chi connectivity index (χ4v) is 3.82. The molecule has 3 fully saturated rings. The molecule has 6 nitrogen and oxygen atoms in total. The van der Waals surface area contributed by atoms with Gasteiger partial charge in [0.1, 0.15) is 0 Å². The first-order chi connectivity index (χ1) is 12.2. The van der Waals surface area contributed by atoms with Crippen LogP contribution in [0.15, 0.2) is 24.3 Å². The molecular weight excluding hydrogens is 316 g/mol. The Kier molecular flexibility index (Phi) is 4.18. The number of benzene rings is 1. The third-order valence-corrected chi connectivity index (χ3v) is 5.48. The number of rotatable bonds is 3. The van der Waals surface area contributed by atoms with E-state index < -0.39 is 0 Å². The molecule has 2 heterocycles. The molecule has 0 aromatic heterocycles. The van der Waals surface area contributed by atoms with Crippen LogP contribution in [0.5, 0.6) is 0 Å². The van der Waals surface area contributed by atoms with E-state index in [1.54, 1.807) is 12.1 Å². The van der Waals surface area contributed by atoms with E-state index in [9.17, 15) is 9.59 Å². The monoisotopic (exact) mass is 338 g/mol. The van der Waals surface area contributed by atoms with Crippen molar-refractivity contribution in [1.82, 2.24) is 9.80 Å². The zero-order valence-electron chi connectivity index (χ0n) is 14.2. The van der Waals surface area contributed by atoms with Gasteiger partial charge in [-0.25, -0.2) is 0 Å². The molecule has 1 aromatic rings. The van der Waals surface area contributed by atoms with Crippen molar-refractivity contribution >= 4 is 17.5 Å². The minimum atomic E-state index is -0.0891. The molecule has 2 amide bonds. The van der Waals surface area contributed by atoms with Gasteiger partial charge in [-0.3, -0.25) is 14.5 Å². The largest absolute Gasteiger partial charge is 0.340 e. The number of piperazine rings is 1.